The molecule has 2 unspecified atom stereocenters. The van der Waals surface area contributed by atoms with E-state index in [-0.39, 0.29) is 16.7 Å². The van der Waals surface area contributed by atoms with Gasteiger partial charge in [0.15, 0.2) is 5.78 Å². The highest BCUT2D eigenvalue weighted by Crippen LogP contribution is 2.65. The topological polar surface area (TPSA) is 58.2 Å². The van der Waals surface area contributed by atoms with Gasteiger partial charge in [-0.25, -0.2) is 0 Å². The van der Waals surface area contributed by atoms with Crippen molar-refractivity contribution in [2.24, 2.45) is 16.7 Å². The average Bonchev–Trinajstić information content (AvgIpc) is 2.79. The van der Waals surface area contributed by atoms with Gasteiger partial charge in [-0.2, -0.15) is 0 Å². The quantitative estimate of drug-likeness (QED) is 0.830. The number of rotatable bonds is 3. The lowest BCUT2D eigenvalue weighted by Gasteiger charge is -2.31. The van der Waals surface area contributed by atoms with Crippen molar-refractivity contribution in [3.8, 4) is 0 Å². The van der Waals surface area contributed by atoms with E-state index in [2.05, 4.69) is 31.4 Å². The van der Waals surface area contributed by atoms with E-state index in [4.69, 9.17) is 0 Å². The molecule has 0 aromatic heterocycles. The molecule has 2 aliphatic rings. The van der Waals surface area contributed by atoms with E-state index in [9.17, 15) is 9.59 Å². The average molecular weight is 312 g/mol. The lowest BCUT2D eigenvalue weighted by molar-refractivity contribution is -0.125. The third-order valence-corrected chi connectivity index (χ3v) is 5.96. The molecule has 1 aromatic carbocycles. The van der Waals surface area contributed by atoms with E-state index in [1.54, 1.807) is 0 Å². The Kier molecular flexibility index (Phi) is 3.58. The summed E-state index contributed by atoms with van der Waals surface area (Å²) < 4.78 is 0. The van der Waals surface area contributed by atoms with Crippen molar-refractivity contribution in [1.29, 1.82) is 0 Å². The Bertz CT molecular complexity index is 688. The lowest BCUT2D eigenvalue weighted by Crippen LogP contribution is -2.32. The number of nitrogens with one attached hydrogen (secondary N) is 2. The van der Waals surface area contributed by atoms with Crippen molar-refractivity contribution in [1.82, 2.24) is 0 Å². The van der Waals surface area contributed by atoms with E-state index >= 15 is 0 Å². The van der Waals surface area contributed by atoms with Gasteiger partial charge in [-0.05, 0) is 48.4 Å². The monoisotopic (exact) mass is 312 g/mol. The molecule has 2 aliphatic carbocycles. The first-order valence-corrected chi connectivity index (χ1v) is 8.15. The predicted octanol–water partition coefficient (Wildman–Crippen LogP) is 3.97. The fourth-order valence-electron chi connectivity index (χ4n) is 4.11. The summed E-state index contributed by atoms with van der Waals surface area (Å²) in [6.45, 7) is 8.02. The summed E-state index contributed by atoms with van der Waals surface area (Å²) >= 11 is 0. The van der Waals surface area contributed by atoms with Crippen LogP contribution in [0.3, 0.4) is 0 Å². The highest BCUT2D eigenvalue weighted by atomic mass is 16.1. The van der Waals surface area contributed by atoms with Crippen molar-refractivity contribution in [3.05, 3.63) is 36.0 Å². The summed E-state index contributed by atoms with van der Waals surface area (Å²) in [5.41, 5.74) is 2.41. The number of fused-ring (bicyclic) bond motifs is 2. The minimum absolute atomic E-state index is 0.0346. The number of benzene rings is 1. The first-order chi connectivity index (χ1) is 10.8. The maximum absolute atomic E-state index is 12.7. The normalized spacial score (nSPS) is 29.8. The Morgan fingerprint density at radius 3 is 2.30 bits per heavy atom. The highest BCUT2D eigenvalue weighted by Gasteiger charge is 2.63. The van der Waals surface area contributed by atoms with Crippen LogP contribution in [0.5, 0.6) is 0 Å². The Labute approximate surface area is 137 Å². The zero-order chi connectivity index (χ0) is 16.8. The molecule has 0 radical (unpaired) electrons. The molecule has 23 heavy (non-hydrogen) atoms. The smallest absolute Gasteiger partial charge is 0.221 e. The van der Waals surface area contributed by atoms with Crippen LogP contribution >= 0.6 is 0 Å². The predicted molar refractivity (Wildman–Crippen MR) is 92.1 cm³/mol. The van der Waals surface area contributed by atoms with Gasteiger partial charge in [-0.1, -0.05) is 20.8 Å². The summed E-state index contributed by atoms with van der Waals surface area (Å²) in [6.07, 6.45) is 3.96. The summed E-state index contributed by atoms with van der Waals surface area (Å²) in [7, 11) is 0. The molecule has 2 N–H and O–H groups in total. The largest absolute Gasteiger partial charge is 0.361 e. The fourth-order valence-corrected chi connectivity index (χ4v) is 4.11. The third-order valence-electron chi connectivity index (χ3n) is 5.96. The second kappa shape index (κ2) is 5.22. The molecule has 1 amide bonds. The van der Waals surface area contributed by atoms with Crippen LogP contribution in [0.1, 0.15) is 40.5 Å². The van der Waals surface area contributed by atoms with Gasteiger partial charge in [-0.15, -0.1) is 0 Å². The number of ketones is 1. The SMILES string of the molecule is CC(=O)Nc1ccc(NC=C2C(=O)C3(C)CCC2C3(C)C)cc1. The van der Waals surface area contributed by atoms with Gasteiger partial charge in [0.05, 0.1) is 0 Å². The first-order valence-electron chi connectivity index (χ1n) is 8.15. The summed E-state index contributed by atoms with van der Waals surface area (Å²) in [5.74, 6) is 0.545. The fraction of sp³-hybridized carbons (Fsp3) is 0.474. The number of hydrogen-bond acceptors (Lipinski definition) is 3. The second-order valence-corrected chi connectivity index (χ2v) is 7.48. The Hall–Kier alpha value is -2.10. The van der Waals surface area contributed by atoms with Crippen molar-refractivity contribution < 1.29 is 9.59 Å². The maximum atomic E-state index is 12.7. The second-order valence-electron chi connectivity index (χ2n) is 7.48. The molecule has 0 spiro atoms. The van der Waals surface area contributed by atoms with Gasteiger partial charge >= 0.3 is 0 Å². The molecule has 4 heteroatoms. The standard InChI is InChI=1S/C19H24N2O2/c1-12(22)21-14-7-5-13(6-8-14)20-11-15-16-9-10-19(4,17(15)23)18(16,2)3/h5-8,11,16,20H,9-10H2,1-4H3,(H,21,22). The molecule has 4 nitrogen and oxygen atoms in total. The van der Waals surface area contributed by atoms with Crippen LogP contribution in [0, 0.1) is 16.7 Å². The number of amides is 1. The molecule has 2 fully saturated rings. The molecule has 1 aromatic rings. The van der Waals surface area contributed by atoms with Crippen molar-refractivity contribution in [2.75, 3.05) is 10.6 Å². The van der Waals surface area contributed by atoms with Crippen LogP contribution in [-0.2, 0) is 9.59 Å². The molecule has 2 saturated carbocycles. The molecule has 2 atom stereocenters. The first kappa shape index (κ1) is 15.8. The molecular formula is C19H24N2O2. The van der Waals surface area contributed by atoms with Crippen LogP contribution < -0.4 is 10.6 Å². The molecule has 3 rings (SSSR count). The molecule has 0 heterocycles. The van der Waals surface area contributed by atoms with E-state index in [1.807, 2.05) is 30.5 Å². The van der Waals surface area contributed by atoms with Crippen LogP contribution in [0.25, 0.3) is 0 Å². The lowest BCUT2D eigenvalue weighted by atomic mass is 9.70. The van der Waals surface area contributed by atoms with Crippen LogP contribution in [0.15, 0.2) is 36.0 Å². The third kappa shape index (κ3) is 2.37. The molecule has 2 bridgehead atoms. The number of carbonyl (C=O) groups excluding carboxylic acids is 2. The number of carbonyl (C=O) groups is 2. The van der Waals surface area contributed by atoms with Crippen molar-refractivity contribution in [2.45, 2.75) is 40.5 Å². The number of anilines is 2. The Balaban J connectivity index is 1.76. The van der Waals surface area contributed by atoms with E-state index in [1.165, 1.54) is 6.92 Å². The van der Waals surface area contributed by atoms with Gasteiger partial charge in [0.25, 0.3) is 0 Å². The van der Waals surface area contributed by atoms with Gasteiger partial charge in [0.1, 0.15) is 0 Å². The number of allylic oxidation sites excluding steroid dienone is 1. The van der Waals surface area contributed by atoms with Gasteiger partial charge in [0, 0.05) is 35.5 Å². The van der Waals surface area contributed by atoms with Crippen LogP contribution in [0.2, 0.25) is 0 Å². The number of hydrogen-bond donors (Lipinski definition) is 2. The van der Waals surface area contributed by atoms with Crippen molar-refractivity contribution in [3.63, 3.8) is 0 Å². The zero-order valence-electron chi connectivity index (χ0n) is 14.2. The van der Waals surface area contributed by atoms with Gasteiger partial charge < -0.3 is 10.6 Å². The van der Waals surface area contributed by atoms with Crippen LogP contribution in [-0.4, -0.2) is 11.7 Å². The molecular weight excluding hydrogens is 288 g/mol. The van der Waals surface area contributed by atoms with E-state index in [0.29, 0.717) is 11.7 Å². The van der Waals surface area contributed by atoms with Crippen molar-refractivity contribution >= 4 is 23.1 Å². The minimum atomic E-state index is -0.222. The Morgan fingerprint density at radius 1 is 1.17 bits per heavy atom. The Morgan fingerprint density at radius 2 is 1.78 bits per heavy atom. The molecule has 0 saturated heterocycles. The highest BCUT2D eigenvalue weighted by molar-refractivity contribution is 6.04. The van der Waals surface area contributed by atoms with E-state index < -0.39 is 0 Å². The summed E-state index contributed by atoms with van der Waals surface area (Å²) in [4.78, 5) is 23.8. The zero-order valence-corrected chi connectivity index (χ0v) is 14.2. The molecule has 0 aliphatic heterocycles. The summed E-state index contributed by atoms with van der Waals surface area (Å²) in [5, 5.41) is 5.98. The van der Waals surface area contributed by atoms with Gasteiger partial charge in [0.2, 0.25) is 5.91 Å². The maximum Gasteiger partial charge on any atom is 0.221 e. The van der Waals surface area contributed by atoms with Crippen LogP contribution in [0.4, 0.5) is 11.4 Å². The minimum Gasteiger partial charge on any atom is -0.361 e. The summed E-state index contributed by atoms with van der Waals surface area (Å²) in [6, 6.07) is 7.48. The molecule has 122 valence electrons. The van der Waals surface area contributed by atoms with E-state index in [0.717, 1.165) is 29.8 Å². The number of Topliss-reactive ketones (excluding diaryl/α,β-unsaturated/α-hetero) is 1. The van der Waals surface area contributed by atoms with Gasteiger partial charge in [-0.3, -0.25) is 9.59 Å².